The molecule has 0 spiro atoms. The Morgan fingerprint density at radius 2 is 2.10 bits per heavy atom. The van der Waals surface area contributed by atoms with Crippen molar-refractivity contribution >= 4 is 11.6 Å². The van der Waals surface area contributed by atoms with Crippen LogP contribution in [0.15, 0.2) is 6.33 Å². The van der Waals surface area contributed by atoms with Crippen molar-refractivity contribution in [1.29, 1.82) is 0 Å². The van der Waals surface area contributed by atoms with Gasteiger partial charge in [-0.05, 0) is 32.9 Å². The van der Waals surface area contributed by atoms with Gasteiger partial charge in [0.15, 0.2) is 0 Å². The van der Waals surface area contributed by atoms with Gasteiger partial charge < -0.3 is 15.5 Å². The topological polar surface area (TPSA) is 58.3 Å². The summed E-state index contributed by atoms with van der Waals surface area (Å²) in [7, 11) is 2.20. The van der Waals surface area contributed by atoms with E-state index in [2.05, 4.69) is 40.7 Å². The molecule has 20 heavy (non-hydrogen) atoms. The van der Waals surface area contributed by atoms with E-state index in [4.69, 9.17) is 5.73 Å². The normalized spacial score (nSPS) is 20.9. The van der Waals surface area contributed by atoms with E-state index in [0.717, 1.165) is 50.3 Å². The first kappa shape index (κ1) is 15.0. The lowest BCUT2D eigenvalue weighted by Gasteiger charge is -2.32. The molecular formula is C15H27N5. The molecule has 2 heterocycles. The number of rotatable bonds is 4. The van der Waals surface area contributed by atoms with Gasteiger partial charge in [-0.25, -0.2) is 9.97 Å². The number of hydrogen-bond donors (Lipinski definition) is 1. The second-order valence-corrected chi connectivity index (χ2v) is 5.68. The maximum Gasteiger partial charge on any atom is 0.137 e. The minimum absolute atomic E-state index is 0.507. The monoisotopic (exact) mass is 277 g/mol. The molecule has 1 atom stereocenters. The fraction of sp³-hybridized carbons (Fsp3) is 0.733. The van der Waals surface area contributed by atoms with Gasteiger partial charge in [-0.1, -0.05) is 20.3 Å². The van der Waals surface area contributed by atoms with Crippen molar-refractivity contribution in [2.24, 2.45) is 0 Å². The maximum absolute atomic E-state index is 6.08. The third kappa shape index (κ3) is 3.20. The molecule has 2 rings (SSSR count). The van der Waals surface area contributed by atoms with E-state index in [-0.39, 0.29) is 0 Å². The van der Waals surface area contributed by atoms with Gasteiger partial charge in [0.2, 0.25) is 0 Å². The van der Waals surface area contributed by atoms with Crippen LogP contribution in [-0.4, -0.2) is 47.6 Å². The first-order chi connectivity index (χ1) is 9.67. The fourth-order valence-corrected chi connectivity index (χ4v) is 3.03. The minimum Gasteiger partial charge on any atom is -0.383 e. The van der Waals surface area contributed by atoms with Crippen molar-refractivity contribution in [3.05, 3.63) is 11.9 Å². The van der Waals surface area contributed by atoms with Crippen molar-refractivity contribution in [3.63, 3.8) is 0 Å². The summed E-state index contributed by atoms with van der Waals surface area (Å²) in [6, 6.07) is 0.507. The summed E-state index contributed by atoms with van der Waals surface area (Å²) in [6.45, 7) is 7.71. The molecule has 5 heteroatoms. The highest BCUT2D eigenvalue weighted by Gasteiger charge is 2.25. The van der Waals surface area contributed by atoms with Crippen LogP contribution in [0.4, 0.5) is 11.6 Å². The largest absolute Gasteiger partial charge is 0.383 e. The van der Waals surface area contributed by atoms with Crippen molar-refractivity contribution in [2.75, 3.05) is 37.3 Å². The number of likely N-dealkylation sites (N-methyl/N-ethyl adjacent to an activating group) is 1. The first-order valence-electron chi connectivity index (χ1n) is 7.71. The van der Waals surface area contributed by atoms with Gasteiger partial charge in [0.25, 0.3) is 0 Å². The van der Waals surface area contributed by atoms with Crippen LogP contribution in [0.1, 0.15) is 38.7 Å². The highest BCUT2D eigenvalue weighted by molar-refractivity contribution is 5.57. The lowest BCUT2D eigenvalue weighted by Crippen LogP contribution is -2.41. The molecule has 0 saturated carbocycles. The first-order valence-corrected chi connectivity index (χ1v) is 7.71. The van der Waals surface area contributed by atoms with E-state index < -0.39 is 0 Å². The van der Waals surface area contributed by atoms with Gasteiger partial charge in [-0.3, -0.25) is 0 Å². The molecule has 0 aromatic carbocycles. The Balaban J connectivity index is 2.34. The highest BCUT2D eigenvalue weighted by Crippen LogP contribution is 2.27. The molecule has 1 aromatic heterocycles. The Bertz CT molecular complexity index is 434. The zero-order chi connectivity index (χ0) is 14.5. The van der Waals surface area contributed by atoms with Crippen LogP contribution in [0.3, 0.4) is 0 Å². The van der Waals surface area contributed by atoms with Crippen molar-refractivity contribution in [1.82, 2.24) is 14.9 Å². The third-order valence-electron chi connectivity index (χ3n) is 4.10. The Hall–Kier alpha value is -1.36. The maximum atomic E-state index is 6.08. The van der Waals surface area contributed by atoms with Crippen LogP contribution in [0, 0.1) is 0 Å². The van der Waals surface area contributed by atoms with Gasteiger partial charge >= 0.3 is 0 Å². The SMILES string of the molecule is CCCc1c(N)ncnc1N1CCCN(C)CC1CC. The summed E-state index contributed by atoms with van der Waals surface area (Å²) in [5, 5.41) is 0. The second-order valence-electron chi connectivity index (χ2n) is 5.68. The van der Waals surface area contributed by atoms with E-state index in [1.807, 2.05) is 0 Å². The summed E-state index contributed by atoms with van der Waals surface area (Å²) in [4.78, 5) is 13.6. The van der Waals surface area contributed by atoms with Crippen LogP contribution in [-0.2, 0) is 6.42 Å². The molecule has 2 N–H and O–H groups in total. The molecule has 1 saturated heterocycles. The number of nitrogens with two attached hydrogens (primary N) is 1. The summed E-state index contributed by atoms with van der Waals surface area (Å²) in [5.74, 6) is 1.70. The zero-order valence-electron chi connectivity index (χ0n) is 13.0. The third-order valence-corrected chi connectivity index (χ3v) is 4.10. The highest BCUT2D eigenvalue weighted by atomic mass is 15.3. The van der Waals surface area contributed by atoms with Gasteiger partial charge in [0.1, 0.15) is 18.0 Å². The van der Waals surface area contributed by atoms with E-state index in [0.29, 0.717) is 11.9 Å². The molecule has 1 aliphatic heterocycles. The minimum atomic E-state index is 0.507. The summed E-state index contributed by atoms with van der Waals surface area (Å²) >= 11 is 0. The smallest absolute Gasteiger partial charge is 0.137 e. The molecule has 1 unspecified atom stereocenters. The van der Waals surface area contributed by atoms with Crippen molar-refractivity contribution < 1.29 is 0 Å². The van der Waals surface area contributed by atoms with E-state index in [1.165, 1.54) is 6.42 Å². The zero-order valence-corrected chi connectivity index (χ0v) is 13.0. The van der Waals surface area contributed by atoms with Crippen LogP contribution in [0.2, 0.25) is 0 Å². The van der Waals surface area contributed by atoms with Crippen molar-refractivity contribution in [2.45, 2.75) is 45.6 Å². The Kier molecular flexibility index (Phi) is 5.17. The molecule has 1 aromatic rings. The van der Waals surface area contributed by atoms with Crippen molar-refractivity contribution in [3.8, 4) is 0 Å². The van der Waals surface area contributed by atoms with Gasteiger partial charge in [0, 0.05) is 24.7 Å². The molecule has 0 amide bonds. The number of nitrogens with zero attached hydrogens (tertiary/aromatic N) is 4. The predicted octanol–water partition coefficient (Wildman–Crippen LogP) is 1.93. The number of anilines is 2. The lowest BCUT2D eigenvalue weighted by atomic mass is 10.1. The number of nitrogen functional groups attached to an aromatic ring is 1. The van der Waals surface area contributed by atoms with Gasteiger partial charge in [-0.15, -0.1) is 0 Å². The average Bonchev–Trinajstić information content (AvgIpc) is 2.62. The molecule has 1 aliphatic rings. The summed E-state index contributed by atoms with van der Waals surface area (Å²) in [5.41, 5.74) is 7.20. The van der Waals surface area contributed by atoms with Gasteiger partial charge in [0.05, 0.1) is 0 Å². The average molecular weight is 277 g/mol. The van der Waals surface area contributed by atoms with Gasteiger partial charge in [-0.2, -0.15) is 0 Å². The van der Waals surface area contributed by atoms with E-state index in [1.54, 1.807) is 6.33 Å². The van der Waals surface area contributed by atoms with Crippen LogP contribution >= 0.6 is 0 Å². The molecule has 0 radical (unpaired) electrons. The Morgan fingerprint density at radius 1 is 1.30 bits per heavy atom. The molecule has 1 fully saturated rings. The Morgan fingerprint density at radius 3 is 2.80 bits per heavy atom. The Labute approximate surface area is 122 Å². The fourth-order valence-electron chi connectivity index (χ4n) is 3.03. The lowest BCUT2D eigenvalue weighted by molar-refractivity contribution is 0.327. The quantitative estimate of drug-likeness (QED) is 0.911. The summed E-state index contributed by atoms with van der Waals surface area (Å²) in [6.07, 6.45) is 5.91. The number of aromatic nitrogens is 2. The molecular weight excluding hydrogens is 250 g/mol. The van der Waals surface area contributed by atoms with Crippen LogP contribution in [0.5, 0.6) is 0 Å². The number of hydrogen-bond acceptors (Lipinski definition) is 5. The molecule has 0 bridgehead atoms. The van der Waals surface area contributed by atoms with E-state index in [9.17, 15) is 0 Å². The molecule has 0 aliphatic carbocycles. The van der Waals surface area contributed by atoms with Crippen LogP contribution < -0.4 is 10.6 Å². The standard InChI is InChI=1S/C15H27N5/c1-4-7-13-14(16)17-11-18-15(13)20-9-6-8-19(3)10-12(20)5-2/h11-12H,4-10H2,1-3H3,(H2,16,17,18). The van der Waals surface area contributed by atoms with Crippen LogP contribution in [0.25, 0.3) is 0 Å². The molecule has 5 nitrogen and oxygen atoms in total. The second kappa shape index (κ2) is 6.88. The predicted molar refractivity (Wildman–Crippen MR) is 84.0 cm³/mol. The molecule has 112 valence electrons. The van der Waals surface area contributed by atoms with E-state index >= 15 is 0 Å². The summed E-state index contributed by atoms with van der Waals surface area (Å²) < 4.78 is 0.